The molecule has 15 heteroatoms. The maximum Gasteiger partial charge on any atom is 0.308 e. The fraction of sp³-hybridized carbons (Fsp3) is 0.182. The van der Waals surface area contributed by atoms with Gasteiger partial charge in [-0.15, -0.1) is 21.5 Å². The Morgan fingerprint density at radius 1 is 0.915 bits per heavy atom. The Labute approximate surface area is 344 Å². The van der Waals surface area contributed by atoms with Gasteiger partial charge in [-0.05, 0) is 85.8 Å². The fourth-order valence-electron chi connectivity index (χ4n) is 7.27. The first-order valence-electron chi connectivity index (χ1n) is 18.7. The van der Waals surface area contributed by atoms with Gasteiger partial charge in [0, 0.05) is 39.7 Å². The minimum atomic E-state index is -3.94. The molecule has 7 aromatic rings. The van der Waals surface area contributed by atoms with E-state index in [4.69, 9.17) is 9.73 Å². The Bertz CT molecular complexity index is 2970. The molecule has 0 fully saturated rings. The highest BCUT2D eigenvalue weighted by Crippen LogP contribution is 2.40. The number of nitriles is 1. The molecule has 1 amide bonds. The highest BCUT2D eigenvalue weighted by Gasteiger charge is 2.32. The summed E-state index contributed by atoms with van der Waals surface area (Å²) in [5, 5.41) is 22.7. The molecule has 0 bridgehead atoms. The number of methoxy groups -OCH3 is 1. The number of ether oxygens (including phenoxy) is 1. The van der Waals surface area contributed by atoms with Crippen molar-refractivity contribution in [2.24, 2.45) is 4.99 Å². The number of aromatic nitrogens is 4. The summed E-state index contributed by atoms with van der Waals surface area (Å²) >= 11 is 1.65. The molecule has 0 saturated heterocycles. The van der Waals surface area contributed by atoms with Crippen LogP contribution in [0.1, 0.15) is 72.7 Å². The Morgan fingerprint density at radius 2 is 1.59 bits per heavy atom. The van der Waals surface area contributed by atoms with E-state index in [1.165, 1.54) is 19.2 Å². The standard InChI is InChI=1S/C44H38N8O5S2/c1-24-6-19-35(41-38(24)33(21-45)23-46-41)51-59(55,56)34-17-7-28(8-18-34)22-47-43(54)32-15-11-30(12-16-32)29-9-13-31(14-10-29)40-39-25(2)26(3)58-44(39)52-27(4)49-50-42(52)36(48-40)20-37(53)57-5/h6-19,23,36,46,51H,20,22H2,1-5H3,(H,47,54)/t36-/m0/s1. The first-order chi connectivity index (χ1) is 28.4. The lowest BCUT2D eigenvalue weighted by molar-refractivity contribution is -0.141. The SMILES string of the molecule is COC(=O)C[C@@H]1N=C(c2ccc(-c3ccc(C(=O)NCc4ccc(S(=O)(=O)Nc5ccc(C)c6c(C#N)c[nH]c56)cc4)cc3)cc2)c2c(sc(C)c2C)-n2c(C)nnc21. The van der Waals surface area contributed by atoms with E-state index in [0.29, 0.717) is 39.4 Å². The van der Waals surface area contributed by atoms with Gasteiger partial charge >= 0.3 is 5.97 Å². The third-order valence-electron chi connectivity index (χ3n) is 10.6. The Kier molecular flexibility index (Phi) is 10.2. The zero-order valence-electron chi connectivity index (χ0n) is 32.7. The van der Waals surface area contributed by atoms with Gasteiger partial charge in [0.05, 0.1) is 40.9 Å². The molecule has 1 aliphatic rings. The molecule has 0 saturated carbocycles. The third kappa shape index (κ3) is 7.28. The number of aliphatic imine (C=N–C) groups is 1. The number of carbonyl (C=O) groups excluding carboxylic acids is 2. The van der Waals surface area contributed by atoms with E-state index in [0.717, 1.165) is 54.5 Å². The highest BCUT2D eigenvalue weighted by atomic mass is 32.2. The van der Waals surface area contributed by atoms with E-state index >= 15 is 0 Å². The number of aromatic amines is 1. The van der Waals surface area contributed by atoms with Gasteiger partial charge in [-0.2, -0.15) is 5.26 Å². The topological polar surface area (TPSA) is 184 Å². The van der Waals surface area contributed by atoms with E-state index in [1.807, 2.05) is 54.8 Å². The predicted octanol–water partition coefficient (Wildman–Crippen LogP) is 7.77. The summed E-state index contributed by atoms with van der Waals surface area (Å²) in [6.45, 7) is 8.11. The Hall–Kier alpha value is -6.89. The van der Waals surface area contributed by atoms with E-state index < -0.39 is 16.1 Å². The maximum atomic E-state index is 13.3. The molecule has 1 atom stereocenters. The fourth-order valence-corrected chi connectivity index (χ4v) is 9.55. The zero-order valence-corrected chi connectivity index (χ0v) is 34.4. The summed E-state index contributed by atoms with van der Waals surface area (Å²) in [6.07, 6.45) is 1.58. The van der Waals surface area contributed by atoms with Crippen molar-refractivity contribution in [1.82, 2.24) is 25.1 Å². The number of esters is 1. The normalized spacial score (nSPS) is 13.5. The van der Waals surface area contributed by atoms with Crippen molar-refractivity contribution < 1.29 is 22.7 Å². The third-order valence-corrected chi connectivity index (χ3v) is 13.1. The van der Waals surface area contributed by atoms with E-state index in [2.05, 4.69) is 45.1 Å². The van der Waals surface area contributed by atoms with E-state index in [1.54, 1.807) is 53.9 Å². The molecule has 0 aliphatic carbocycles. The van der Waals surface area contributed by atoms with Gasteiger partial charge in [-0.1, -0.05) is 54.6 Å². The number of H-pyrrole nitrogens is 1. The lowest BCUT2D eigenvalue weighted by Crippen LogP contribution is -2.22. The van der Waals surface area contributed by atoms with Crippen molar-refractivity contribution in [3.8, 4) is 22.2 Å². The average Bonchev–Trinajstić information content (AvgIpc) is 3.92. The van der Waals surface area contributed by atoms with Crippen LogP contribution in [0.5, 0.6) is 0 Å². The Morgan fingerprint density at radius 3 is 2.27 bits per heavy atom. The van der Waals surface area contributed by atoms with E-state index in [-0.39, 0.29) is 29.7 Å². The molecule has 0 spiro atoms. The van der Waals surface area contributed by atoms with E-state index in [9.17, 15) is 23.3 Å². The number of sulfonamides is 1. The lowest BCUT2D eigenvalue weighted by Gasteiger charge is -2.12. The second kappa shape index (κ2) is 15.5. The predicted molar refractivity (Wildman–Crippen MR) is 227 cm³/mol. The summed E-state index contributed by atoms with van der Waals surface area (Å²) < 4.78 is 36.2. The second-order valence-electron chi connectivity index (χ2n) is 14.3. The molecule has 59 heavy (non-hydrogen) atoms. The minimum absolute atomic E-state index is 0.0249. The molecule has 0 radical (unpaired) electrons. The van der Waals surface area contributed by atoms with Crippen molar-refractivity contribution >= 4 is 55.5 Å². The molecule has 3 N–H and O–H groups in total. The smallest absolute Gasteiger partial charge is 0.308 e. The van der Waals surface area contributed by atoms with Gasteiger partial charge in [-0.3, -0.25) is 23.9 Å². The molecular formula is C44H38N8O5S2. The van der Waals surface area contributed by atoms with Crippen LogP contribution in [0.25, 0.3) is 27.0 Å². The molecule has 4 aromatic carbocycles. The number of benzene rings is 4. The van der Waals surface area contributed by atoms with Crippen LogP contribution >= 0.6 is 11.3 Å². The first kappa shape index (κ1) is 39.0. The summed E-state index contributed by atoms with van der Waals surface area (Å²) in [5.74, 6) is 0.652. The molecule has 296 valence electrons. The van der Waals surface area contributed by atoms with Crippen LogP contribution in [0, 0.1) is 39.0 Å². The minimum Gasteiger partial charge on any atom is -0.469 e. The number of nitrogens with zero attached hydrogens (tertiary/aromatic N) is 5. The van der Waals surface area contributed by atoms with Crippen LogP contribution < -0.4 is 10.0 Å². The first-order valence-corrected chi connectivity index (χ1v) is 21.0. The molecule has 1 aliphatic heterocycles. The number of thiophene rings is 1. The lowest BCUT2D eigenvalue weighted by atomic mass is 9.96. The number of aryl methyl sites for hydroxylation is 3. The van der Waals surface area contributed by atoms with Crippen LogP contribution in [-0.4, -0.2) is 52.9 Å². The number of rotatable bonds is 10. The van der Waals surface area contributed by atoms with Gasteiger partial charge in [0.25, 0.3) is 15.9 Å². The Balaban J connectivity index is 0.945. The maximum absolute atomic E-state index is 13.3. The number of carbonyl (C=O) groups is 2. The molecule has 8 rings (SSSR count). The molecular weight excluding hydrogens is 785 g/mol. The van der Waals surface area contributed by atoms with Gasteiger partial charge in [0.1, 0.15) is 22.9 Å². The van der Waals surface area contributed by atoms with Gasteiger partial charge in [0.2, 0.25) is 0 Å². The van der Waals surface area contributed by atoms with Crippen LogP contribution in [0.3, 0.4) is 0 Å². The van der Waals surface area contributed by atoms with Crippen LogP contribution in [-0.2, 0) is 26.1 Å². The van der Waals surface area contributed by atoms with Crippen molar-refractivity contribution in [2.45, 2.75) is 51.6 Å². The zero-order chi connectivity index (χ0) is 41.6. The summed E-state index contributed by atoms with van der Waals surface area (Å²) in [7, 11) is -2.58. The molecule has 0 unspecified atom stereocenters. The molecule has 13 nitrogen and oxygen atoms in total. The number of anilines is 1. The van der Waals surface area contributed by atoms with Crippen LogP contribution in [0.15, 0.2) is 101 Å². The average molecular weight is 823 g/mol. The molecule has 3 aromatic heterocycles. The molecule has 4 heterocycles. The van der Waals surface area contributed by atoms with Gasteiger partial charge in [0.15, 0.2) is 5.82 Å². The van der Waals surface area contributed by atoms with Crippen LogP contribution in [0.4, 0.5) is 5.69 Å². The van der Waals surface area contributed by atoms with Gasteiger partial charge < -0.3 is 15.0 Å². The number of hydrogen-bond acceptors (Lipinski definition) is 10. The summed E-state index contributed by atoms with van der Waals surface area (Å²) in [5.41, 5.74) is 8.98. The largest absolute Gasteiger partial charge is 0.469 e. The van der Waals surface area contributed by atoms with Crippen LogP contribution in [0.2, 0.25) is 0 Å². The second-order valence-corrected chi connectivity index (χ2v) is 17.1. The number of fused-ring (bicyclic) bond motifs is 4. The van der Waals surface area contributed by atoms with Crippen molar-refractivity contribution in [1.29, 1.82) is 5.26 Å². The monoisotopic (exact) mass is 822 g/mol. The summed E-state index contributed by atoms with van der Waals surface area (Å²) in [6, 6.07) is 26.6. The van der Waals surface area contributed by atoms with Crippen molar-refractivity contribution in [3.05, 3.63) is 147 Å². The number of nitrogens with one attached hydrogen (secondary N) is 3. The quantitative estimate of drug-likeness (QED) is 0.117. The number of hydrogen-bond donors (Lipinski definition) is 3. The number of amides is 1. The van der Waals surface area contributed by atoms with Gasteiger partial charge in [-0.25, -0.2) is 8.42 Å². The highest BCUT2D eigenvalue weighted by molar-refractivity contribution is 7.92. The summed E-state index contributed by atoms with van der Waals surface area (Å²) in [4.78, 5) is 35.0. The van der Waals surface area contributed by atoms with Crippen molar-refractivity contribution in [3.63, 3.8) is 0 Å². The van der Waals surface area contributed by atoms with Crippen molar-refractivity contribution in [2.75, 3.05) is 11.8 Å².